The SMILES string of the molecule is CCc1ncnc(-c2ccc(C(=O)N3CCC(N(CC)CC)C3)c(F)c2)c1-c1ccc(N)nc1. The number of nitrogen functional groups attached to an aromatic ring is 1. The second-order valence-corrected chi connectivity index (χ2v) is 8.48. The number of likely N-dealkylation sites (tertiary alicyclic amines) is 1. The molecule has 1 amide bonds. The molecule has 0 saturated carbocycles. The second kappa shape index (κ2) is 10.3. The highest BCUT2D eigenvalue weighted by atomic mass is 19.1. The van der Waals surface area contributed by atoms with Crippen LogP contribution in [0.1, 0.15) is 43.2 Å². The molecule has 2 N–H and O–H groups in total. The molecule has 4 rings (SSSR count). The summed E-state index contributed by atoms with van der Waals surface area (Å²) in [5.74, 6) is -0.398. The Morgan fingerprint density at radius 1 is 1.12 bits per heavy atom. The van der Waals surface area contributed by atoms with Gasteiger partial charge in [0.05, 0.1) is 17.0 Å². The van der Waals surface area contributed by atoms with Gasteiger partial charge in [-0.05, 0) is 50.2 Å². The Bertz CT molecular complexity index is 1160. The quantitative estimate of drug-likeness (QED) is 0.570. The van der Waals surface area contributed by atoms with Gasteiger partial charge < -0.3 is 10.6 Å². The fourth-order valence-corrected chi connectivity index (χ4v) is 4.74. The first-order valence-electron chi connectivity index (χ1n) is 11.9. The van der Waals surface area contributed by atoms with E-state index in [9.17, 15) is 4.79 Å². The normalized spacial score (nSPS) is 15.8. The molecule has 0 aliphatic carbocycles. The van der Waals surface area contributed by atoms with E-state index in [1.54, 1.807) is 29.3 Å². The number of aromatic nitrogens is 3. The molecule has 0 spiro atoms. The molecule has 2 aromatic heterocycles. The van der Waals surface area contributed by atoms with Crippen molar-refractivity contribution in [3.8, 4) is 22.4 Å². The van der Waals surface area contributed by atoms with Crippen molar-refractivity contribution in [1.29, 1.82) is 0 Å². The highest BCUT2D eigenvalue weighted by molar-refractivity contribution is 5.95. The molecule has 1 aliphatic rings. The molecular formula is C26H31FN6O. The number of carbonyl (C=O) groups excluding carboxylic acids is 1. The number of anilines is 1. The van der Waals surface area contributed by atoms with E-state index >= 15 is 4.39 Å². The Balaban J connectivity index is 1.65. The average molecular weight is 463 g/mol. The minimum absolute atomic E-state index is 0.0874. The molecule has 8 heteroatoms. The second-order valence-electron chi connectivity index (χ2n) is 8.48. The molecule has 0 bridgehead atoms. The third-order valence-corrected chi connectivity index (χ3v) is 6.59. The molecule has 3 aromatic rings. The van der Waals surface area contributed by atoms with Crippen LogP contribution in [0.2, 0.25) is 0 Å². The first kappa shape index (κ1) is 23.8. The lowest BCUT2D eigenvalue weighted by Gasteiger charge is -2.26. The molecule has 1 atom stereocenters. The molecule has 1 aliphatic heterocycles. The van der Waals surface area contributed by atoms with Gasteiger partial charge in [0.15, 0.2) is 0 Å². The zero-order valence-corrected chi connectivity index (χ0v) is 20.0. The number of aryl methyl sites for hydroxylation is 1. The van der Waals surface area contributed by atoms with Crippen molar-refractivity contribution < 1.29 is 9.18 Å². The van der Waals surface area contributed by atoms with Gasteiger partial charge in [0, 0.05) is 42.0 Å². The lowest BCUT2D eigenvalue weighted by atomic mass is 9.97. The topological polar surface area (TPSA) is 88.2 Å². The maximum Gasteiger partial charge on any atom is 0.256 e. The lowest BCUT2D eigenvalue weighted by Crippen LogP contribution is -2.38. The minimum atomic E-state index is -0.549. The Morgan fingerprint density at radius 3 is 2.53 bits per heavy atom. The van der Waals surface area contributed by atoms with Crippen molar-refractivity contribution in [2.24, 2.45) is 0 Å². The van der Waals surface area contributed by atoms with Crippen molar-refractivity contribution in [3.63, 3.8) is 0 Å². The summed E-state index contributed by atoms with van der Waals surface area (Å²) in [4.78, 5) is 30.3. The fourth-order valence-electron chi connectivity index (χ4n) is 4.74. The van der Waals surface area contributed by atoms with E-state index in [2.05, 4.69) is 33.7 Å². The van der Waals surface area contributed by atoms with Gasteiger partial charge in [-0.25, -0.2) is 19.3 Å². The Hall–Kier alpha value is -3.39. The van der Waals surface area contributed by atoms with Gasteiger partial charge >= 0.3 is 0 Å². The molecule has 34 heavy (non-hydrogen) atoms. The van der Waals surface area contributed by atoms with Crippen LogP contribution < -0.4 is 5.73 Å². The van der Waals surface area contributed by atoms with E-state index in [4.69, 9.17) is 5.73 Å². The number of pyridine rings is 1. The molecule has 1 fully saturated rings. The predicted molar refractivity (Wildman–Crippen MR) is 132 cm³/mol. The number of hydrogen-bond acceptors (Lipinski definition) is 6. The summed E-state index contributed by atoms with van der Waals surface area (Å²) >= 11 is 0. The maximum absolute atomic E-state index is 15.3. The van der Waals surface area contributed by atoms with Crippen LogP contribution in [-0.2, 0) is 6.42 Å². The summed E-state index contributed by atoms with van der Waals surface area (Å²) in [6.07, 6.45) is 4.74. The number of nitrogens with two attached hydrogens (primary N) is 1. The van der Waals surface area contributed by atoms with Gasteiger partial charge in [0.2, 0.25) is 0 Å². The molecule has 1 aromatic carbocycles. The third-order valence-electron chi connectivity index (χ3n) is 6.59. The zero-order chi connectivity index (χ0) is 24.2. The molecule has 1 saturated heterocycles. The van der Waals surface area contributed by atoms with Crippen LogP contribution in [-0.4, -0.2) is 62.9 Å². The standard InChI is InChI=1S/C26H31FN6O/c1-4-22-24(18-8-10-23(28)29-14-18)25(31-16-30-22)17-7-9-20(21(27)13-17)26(34)33-12-11-19(15-33)32(5-2)6-3/h7-10,13-14,16,19H,4-6,11-12,15H2,1-3H3,(H2,28,29). The van der Waals surface area contributed by atoms with Crippen LogP contribution in [0.15, 0.2) is 42.9 Å². The lowest BCUT2D eigenvalue weighted by molar-refractivity contribution is 0.0773. The largest absolute Gasteiger partial charge is 0.384 e. The molecule has 1 unspecified atom stereocenters. The van der Waals surface area contributed by atoms with Gasteiger partial charge in [-0.1, -0.05) is 26.8 Å². The van der Waals surface area contributed by atoms with Crippen LogP contribution in [0.5, 0.6) is 0 Å². The van der Waals surface area contributed by atoms with E-state index in [0.29, 0.717) is 42.6 Å². The Labute approximate surface area is 199 Å². The summed E-state index contributed by atoms with van der Waals surface area (Å²) in [6, 6.07) is 8.61. The highest BCUT2D eigenvalue weighted by Crippen LogP contribution is 2.33. The number of amides is 1. The van der Waals surface area contributed by atoms with E-state index in [1.165, 1.54) is 12.4 Å². The summed E-state index contributed by atoms with van der Waals surface area (Å²) in [5.41, 5.74) is 9.45. The zero-order valence-electron chi connectivity index (χ0n) is 20.0. The Morgan fingerprint density at radius 2 is 1.88 bits per heavy atom. The summed E-state index contributed by atoms with van der Waals surface area (Å²) in [7, 11) is 0. The summed E-state index contributed by atoms with van der Waals surface area (Å²) < 4.78 is 15.3. The molecule has 3 heterocycles. The van der Waals surface area contributed by atoms with Crippen LogP contribution in [0.4, 0.5) is 10.2 Å². The number of carbonyl (C=O) groups is 1. The minimum Gasteiger partial charge on any atom is -0.384 e. The van der Waals surface area contributed by atoms with Crippen molar-refractivity contribution in [1.82, 2.24) is 24.8 Å². The first-order valence-corrected chi connectivity index (χ1v) is 11.9. The van der Waals surface area contributed by atoms with Crippen molar-refractivity contribution in [3.05, 3.63) is 59.9 Å². The van der Waals surface area contributed by atoms with Gasteiger partial charge in [-0.15, -0.1) is 0 Å². The smallest absolute Gasteiger partial charge is 0.256 e. The highest BCUT2D eigenvalue weighted by Gasteiger charge is 2.31. The van der Waals surface area contributed by atoms with Crippen LogP contribution >= 0.6 is 0 Å². The monoisotopic (exact) mass is 462 g/mol. The predicted octanol–water partition coefficient (Wildman–Crippen LogP) is 4.05. The number of rotatable bonds is 7. The maximum atomic E-state index is 15.3. The van der Waals surface area contributed by atoms with Crippen LogP contribution in [0.3, 0.4) is 0 Å². The molecule has 178 valence electrons. The average Bonchev–Trinajstić information content (AvgIpc) is 3.34. The number of halogens is 1. The van der Waals surface area contributed by atoms with Gasteiger partial charge in [-0.2, -0.15) is 0 Å². The van der Waals surface area contributed by atoms with E-state index in [1.807, 2.05) is 13.0 Å². The van der Waals surface area contributed by atoms with Gasteiger partial charge in [-0.3, -0.25) is 9.69 Å². The van der Waals surface area contributed by atoms with Gasteiger partial charge in [0.1, 0.15) is 18.0 Å². The molecule has 0 radical (unpaired) electrons. The number of nitrogens with zero attached hydrogens (tertiary/aromatic N) is 5. The van der Waals surface area contributed by atoms with Crippen molar-refractivity contribution in [2.45, 2.75) is 39.7 Å². The Kier molecular flexibility index (Phi) is 7.17. The number of benzene rings is 1. The van der Waals surface area contributed by atoms with E-state index in [0.717, 1.165) is 36.3 Å². The number of hydrogen-bond donors (Lipinski definition) is 1. The van der Waals surface area contributed by atoms with E-state index < -0.39 is 5.82 Å². The van der Waals surface area contributed by atoms with Crippen LogP contribution in [0, 0.1) is 5.82 Å². The fraction of sp³-hybridized carbons (Fsp3) is 0.385. The summed E-state index contributed by atoms with van der Waals surface area (Å²) in [5, 5.41) is 0. The van der Waals surface area contributed by atoms with Gasteiger partial charge in [0.25, 0.3) is 5.91 Å². The van der Waals surface area contributed by atoms with Crippen molar-refractivity contribution in [2.75, 3.05) is 31.9 Å². The summed E-state index contributed by atoms with van der Waals surface area (Å²) in [6.45, 7) is 9.40. The third kappa shape index (κ3) is 4.63. The molecular weight excluding hydrogens is 431 g/mol. The van der Waals surface area contributed by atoms with E-state index in [-0.39, 0.29) is 11.5 Å². The van der Waals surface area contributed by atoms with Crippen molar-refractivity contribution >= 4 is 11.7 Å². The first-order chi connectivity index (χ1) is 16.5. The van der Waals surface area contributed by atoms with Crippen LogP contribution in [0.25, 0.3) is 22.4 Å². The number of likely N-dealkylation sites (N-methyl/N-ethyl adjacent to an activating group) is 1. The molecule has 7 nitrogen and oxygen atoms in total.